The van der Waals surface area contributed by atoms with Gasteiger partial charge >= 0.3 is 0 Å². The smallest absolute Gasteiger partial charge is 0.259 e. The van der Waals surface area contributed by atoms with Gasteiger partial charge in [0.05, 0.1) is 0 Å². The maximum Gasteiger partial charge on any atom is 0.259 e. The molecule has 0 unspecified atom stereocenters. The topological polar surface area (TPSA) is 29.5 Å². The molecule has 0 aliphatic rings. The second-order valence-electron chi connectivity index (χ2n) is 3.49. The first-order valence-electron chi connectivity index (χ1n) is 4.77. The molecule has 0 radical (unpaired) electrons. The van der Waals surface area contributed by atoms with Gasteiger partial charge in [-0.25, -0.2) is 4.39 Å². The second-order valence-corrected chi connectivity index (χ2v) is 3.80. The standard InChI is InChI=1S/C11H14FNO2S/c1-13(2)11(14)6-15-9-3-4-10(12)8(5-9)7-16/h3-5,16H,6-7H2,1-2H3. The Balaban J connectivity index is 2.64. The first-order valence-corrected chi connectivity index (χ1v) is 5.40. The average molecular weight is 243 g/mol. The Labute approximate surface area is 99.6 Å². The number of hydrogen-bond donors (Lipinski definition) is 1. The van der Waals surface area contributed by atoms with Crippen LogP contribution in [0.3, 0.4) is 0 Å². The molecular weight excluding hydrogens is 229 g/mol. The Kier molecular flexibility index (Phi) is 4.61. The van der Waals surface area contributed by atoms with Crippen molar-refractivity contribution in [2.75, 3.05) is 20.7 Å². The van der Waals surface area contributed by atoms with E-state index in [1.54, 1.807) is 20.2 Å². The summed E-state index contributed by atoms with van der Waals surface area (Å²) in [6.07, 6.45) is 0. The first kappa shape index (κ1) is 12.8. The molecular formula is C11H14FNO2S. The minimum atomic E-state index is -0.318. The van der Waals surface area contributed by atoms with Crippen LogP contribution in [0.2, 0.25) is 0 Å². The number of ether oxygens (including phenoxy) is 1. The highest BCUT2D eigenvalue weighted by molar-refractivity contribution is 7.79. The van der Waals surface area contributed by atoms with E-state index in [9.17, 15) is 9.18 Å². The van der Waals surface area contributed by atoms with Crippen molar-refractivity contribution in [1.82, 2.24) is 4.90 Å². The van der Waals surface area contributed by atoms with Gasteiger partial charge < -0.3 is 9.64 Å². The molecule has 5 heteroatoms. The van der Waals surface area contributed by atoms with E-state index in [1.807, 2.05) is 0 Å². The zero-order chi connectivity index (χ0) is 12.1. The lowest BCUT2D eigenvalue weighted by Gasteiger charge is -2.11. The number of thiol groups is 1. The number of nitrogens with zero attached hydrogens (tertiary/aromatic N) is 1. The molecule has 0 atom stereocenters. The number of carbonyl (C=O) groups is 1. The molecule has 0 aliphatic carbocycles. The van der Waals surface area contributed by atoms with Crippen molar-refractivity contribution in [3.05, 3.63) is 29.6 Å². The van der Waals surface area contributed by atoms with Gasteiger partial charge in [0.1, 0.15) is 11.6 Å². The van der Waals surface area contributed by atoms with Crippen LogP contribution in [-0.4, -0.2) is 31.5 Å². The fourth-order valence-electron chi connectivity index (χ4n) is 1.04. The van der Waals surface area contributed by atoms with Gasteiger partial charge in [0.15, 0.2) is 6.61 Å². The van der Waals surface area contributed by atoms with Gasteiger partial charge in [-0.15, -0.1) is 0 Å². The van der Waals surface area contributed by atoms with Crippen LogP contribution in [0.15, 0.2) is 18.2 Å². The Morgan fingerprint density at radius 2 is 2.19 bits per heavy atom. The molecule has 1 aromatic carbocycles. The van der Waals surface area contributed by atoms with Crippen LogP contribution in [0.4, 0.5) is 4.39 Å². The molecule has 1 rings (SSSR count). The molecule has 1 aromatic rings. The summed E-state index contributed by atoms with van der Waals surface area (Å²) in [5.41, 5.74) is 0.457. The molecule has 0 N–H and O–H groups in total. The van der Waals surface area contributed by atoms with Gasteiger partial charge in [0.25, 0.3) is 5.91 Å². The number of likely N-dealkylation sites (N-methyl/N-ethyl adjacent to an activating group) is 1. The van der Waals surface area contributed by atoms with Gasteiger partial charge in [-0.1, -0.05) is 0 Å². The summed E-state index contributed by atoms with van der Waals surface area (Å²) in [6.45, 7) is -0.0509. The second kappa shape index (κ2) is 5.75. The van der Waals surface area contributed by atoms with Crippen LogP contribution in [0.5, 0.6) is 5.75 Å². The molecule has 3 nitrogen and oxygen atoms in total. The van der Waals surface area contributed by atoms with Crippen molar-refractivity contribution in [2.45, 2.75) is 5.75 Å². The van der Waals surface area contributed by atoms with Crippen molar-refractivity contribution in [3.8, 4) is 5.75 Å². The maximum absolute atomic E-state index is 13.1. The Morgan fingerprint density at radius 3 is 2.75 bits per heavy atom. The lowest BCUT2D eigenvalue weighted by molar-refractivity contribution is -0.130. The number of hydrogen-bond acceptors (Lipinski definition) is 3. The van der Waals surface area contributed by atoms with Crippen molar-refractivity contribution in [1.29, 1.82) is 0 Å². The highest BCUT2D eigenvalue weighted by Crippen LogP contribution is 2.18. The van der Waals surface area contributed by atoms with Crippen LogP contribution < -0.4 is 4.74 Å². The van der Waals surface area contributed by atoms with Gasteiger partial charge in [-0.2, -0.15) is 12.6 Å². The van der Waals surface area contributed by atoms with Gasteiger partial charge in [-0.05, 0) is 18.2 Å². The van der Waals surface area contributed by atoms with Crippen molar-refractivity contribution < 1.29 is 13.9 Å². The van der Waals surface area contributed by atoms with Gasteiger partial charge in [-0.3, -0.25) is 4.79 Å². The lowest BCUT2D eigenvalue weighted by Crippen LogP contribution is -2.27. The molecule has 0 aliphatic heterocycles. The predicted octanol–water partition coefficient (Wildman–Crippen LogP) is 1.72. The van der Waals surface area contributed by atoms with E-state index in [2.05, 4.69) is 12.6 Å². The number of amides is 1. The van der Waals surface area contributed by atoms with E-state index in [0.717, 1.165) is 0 Å². The van der Waals surface area contributed by atoms with E-state index >= 15 is 0 Å². The van der Waals surface area contributed by atoms with Crippen LogP contribution in [0, 0.1) is 5.82 Å². The van der Waals surface area contributed by atoms with Crippen LogP contribution in [0.1, 0.15) is 5.56 Å². The van der Waals surface area contributed by atoms with E-state index in [-0.39, 0.29) is 18.3 Å². The van der Waals surface area contributed by atoms with Crippen LogP contribution in [0.25, 0.3) is 0 Å². The number of rotatable bonds is 4. The molecule has 0 aromatic heterocycles. The minimum absolute atomic E-state index is 0.0509. The molecule has 1 amide bonds. The summed E-state index contributed by atoms with van der Waals surface area (Å²) < 4.78 is 18.4. The van der Waals surface area contributed by atoms with Gasteiger partial charge in [0, 0.05) is 25.4 Å². The zero-order valence-corrected chi connectivity index (χ0v) is 10.1. The largest absolute Gasteiger partial charge is 0.484 e. The lowest BCUT2D eigenvalue weighted by atomic mass is 10.2. The summed E-state index contributed by atoms with van der Waals surface area (Å²) >= 11 is 4.00. The maximum atomic E-state index is 13.1. The summed E-state index contributed by atoms with van der Waals surface area (Å²) in [7, 11) is 3.30. The highest BCUT2D eigenvalue weighted by atomic mass is 32.1. The molecule has 0 saturated heterocycles. The first-order chi connectivity index (χ1) is 7.54. The number of halogens is 1. The van der Waals surface area contributed by atoms with E-state index in [4.69, 9.17) is 4.74 Å². The Morgan fingerprint density at radius 1 is 1.50 bits per heavy atom. The third-order valence-electron chi connectivity index (χ3n) is 2.05. The molecule has 88 valence electrons. The molecule has 0 fully saturated rings. The number of carbonyl (C=O) groups excluding carboxylic acids is 1. The van der Waals surface area contributed by atoms with E-state index in [0.29, 0.717) is 17.1 Å². The summed E-state index contributed by atoms with van der Waals surface area (Å²) in [5.74, 6) is 0.309. The highest BCUT2D eigenvalue weighted by Gasteiger charge is 2.06. The predicted molar refractivity (Wildman–Crippen MR) is 63.3 cm³/mol. The fraction of sp³-hybridized carbons (Fsp3) is 0.364. The summed E-state index contributed by atoms with van der Waals surface area (Å²) in [4.78, 5) is 12.7. The molecule has 0 heterocycles. The van der Waals surface area contributed by atoms with Crippen LogP contribution in [-0.2, 0) is 10.5 Å². The minimum Gasteiger partial charge on any atom is -0.484 e. The van der Waals surface area contributed by atoms with Crippen molar-refractivity contribution >= 4 is 18.5 Å². The number of benzene rings is 1. The van der Waals surface area contributed by atoms with E-state index in [1.165, 1.54) is 17.0 Å². The Hall–Kier alpha value is -1.23. The quantitative estimate of drug-likeness (QED) is 0.816. The zero-order valence-electron chi connectivity index (χ0n) is 9.24. The molecule has 0 bridgehead atoms. The molecule has 0 spiro atoms. The third kappa shape index (κ3) is 3.41. The fourth-order valence-corrected chi connectivity index (χ4v) is 1.28. The molecule has 16 heavy (non-hydrogen) atoms. The SMILES string of the molecule is CN(C)C(=O)COc1ccc(F)c(CS)c1. The Bertz CT molecular complexity index is 382. The normalized spacial score (nSPS) is 10.0. The summed E-state index contributed by atoms with van der Waals surface area (Å²) in [6, 6.07) is 4.34. The average Bonchev–Trinajstić information content (AvgIpc) is 2.27. The van der Waals surface area contributed by atoms with Crippen molar-refractivity contribution in [3.63, 3.8) is 0 Å². The van der Waals surface area contributed by atoms with E-state index < -0.39 is 0 Å². The van der Waals surface area contributed by atoms with Crippen LogP contribution >= 0.6 is 12.6 Å². The molecule has 0 saturated carbocycles. The monoisotopic (exact) mass is 243 g/mol. The summed E-state index contributed by atoms with van der Waals surface area (Å²) in [5, 5.41) is 0. The van der Waals surface area contributed by atoms with Crippen molar-refractivity contribution in [2.24, 2.45) is 0 Å². The third-order valence-corrected chi connectivity index (χ3v) is 2.39. The van der Waals surface area contributed by atoms with Gasteiger partial charge in [0.2, 0.25) is 0 Å².